The number of ether oxygens (including phenoxy) is 1. The van der Waals surface area contributed by atoms with Gasteiger partial charge in [0.1, 0.15) is 5.75 Å². The van der Waals surface area contributed by atoms with Crippen LogP contribution in [0.15, 0.2) is 36.4 Å². The van der Waals surface area contributed by atoms with Gasteiger partial charge in [-0.25, -0.2) is 0 Å². The number of hydrogen-bond acceptors (Lipinski definition) is 3. The number of carbonyl (C=O) groups excluding carboxylic acids is 2. The Morgan fingerprint density at radius 2 is 1.92 bits per heavy atom. The lowest BCUT2D eigenvalue weighted by Crippen LogP contribution is -2.35. The average molecular weight is 352 g/mol. The van der Waals surface area contributed by atoms with Crippen molar-refractivity contribution in [3.05, 3.63) is 53.1 Å². The van der Waals surface area contributed by atoms with E-state index in [1.54, 1.807) is 24.1 Å². The lowest BCUT2D eigenvalue weighted by Gasteiger charge is -2.28. The molecule has 26 heavy (non-hydrogen) atoms. The summed E-state index contributed by atoms with van der Waals surface area (Å²) in [5.41, 5.74) is 4.04. The first-order chi connectivity index (χ1) is 12.5. The SMILES string of the molecule is COc1ccc(NC(=O)c2ccc(C)cc2C)cc1N1CCCCC1=O. The van der Waals surface area contributed by atoms with E-state index < -0.39 is 0 Å². The normalized spacial score (nSPS) is 14.3. The van der Waals surface area contributed by atoms with Gasteiger partial charge in [0, 0.05) is 24.2 Å². The van der Waals surface area contributed by atoms with Crippen LogP contribution in [0.25, 0.3) is 0 Å². The Hall–Kier alpha value is -2.82. The third-order valence-electron chi connectivity index (χ3n) is 4.68. The van der Waals surface area contributed by atoms with Crippen molar-refractivity contribution < 1.29 is 14.3 Å². The molecule has 0 saturated carbocycles. The summed E-state index contributed by atoms with van der Waals surface area (Å²) < 4.78 is 5.42. The number of carbonyl (C=O) groups is 2. The number of piperidine rings is 1. The average Bonchev–Trinajstić information content (AvgIpc) is 2.62. The maximum atomic E-state index is 12.6. The van der Waals surface area contributed by atoms with Crippen molar-refractivity contribution in [3.8, 4) is 5.75 Å². The number of benzene rings is 2. The Bertz CT molecular complexity index is 845. The topological polar surface area (TPSA) is 58.6 Å². The van der Waals surface area contributed by atoms with Gasteiger partial charge < -0.3 is 15.0 Å². The Kier molecular flexibility index (Phi) is 5.26. The van der Waals surface area contributed by atoms with Crippen LogP contribution in [0.2, 0.25) is 0 Å². The van der Waals surface area contributed by atoms with Gasteiger partial charge in [-0.05, 0) is 56.5 Å². The van der Waals surface area contributed by atoms with E-state index in [-0.39, 0.29) is 11.8 Å². The summed E-state index contributed by atoms with van der Waals surface area (Å²) in [6.07, 6.45) is 2.43. The van der Waals surface area contributed by atoms with E-state index in [2.05, 4.69) is 5.32 Å². The Morgan fingerprint density at radius 3 is 2.62 bits per heavy atom. The van der Waals surface area contributed by atoms with E-state index in [0.29, 0.717) is 35.7 Å². The number of aryl methyl sites for hydroxylation is 2. The minimum atomic E-state index is -0.163. The van der Waals surface area contributed by atoms with Crippen LogP contribution in [0.3, 0.4) is 0 Å². The zero-order chi connectivity index (χ0) is 18.7. The van der Waals surface area contributed by atoms with Gasteiger partial charge in [0.25, 0.3) is 5.91 Å². The van der Waals surface area contributed by atoms with Gasteiger partial charge in [-0.15, -0.1) is 0 Å². The van der Waals surface area contributed by atoms with Gasteiger partial charge in [0.15, 0.2) is 0 Å². The molecule has 1 aliphatic rings. The molecule has 5 nitrogen and oxygen atoms in total. The molecule has 0 bridgehead atoms. The fourth-order valence-electron chi connectivity index (χ4n) is 3.31. The van der Waals surface area contributed by atoms with Gasteiger partial charge in [-0.1, -0.05) is 17.7 Å². The number of amides is 2. The lowest BCUT2D eigenvalue weighted by molar-refractivity contribution is -0.119. The van der Waals surface area contributed by atoms with Crippen molar-refractivity contribution >= 4 is 23.2 Å². The Morgan fingerprint density at radius 1 is 1.12 bits per heavy atom. The minimum Gasteiger partial charge on any atom is -0.495 e. The second kappa shape index (κ2) is 7.60. The van der Waals surface area contributed by atoms with E-state index in [0.717, 1.165) is 24.0 Å². The molecule has 0 aliphatic carbocycles. The first-order valence-corrected chi connectivity index (χ1v) is 8.86. The number of hydrogen-bond donors (Lipinski definition) is 1. The van der Waals surface area contributed by atoms with Crippen LogP contribution < -0.4 is 15.0 Å². The highest BCUT2D eigenvalue weighted by molar-refractivity contribution is 6.06. The number of nitrogens with zero attached hydrogens (tertiary/aromatic N) is 1. The molecular formula is C21H24N2O3. The molecule has 2 aromatic carbocycles. The molecule has 0 unspecified atom stereocenters. The first kappa shape index (κ1) is 18.0. The van der Waals surface area contributed by atoms with Crippen molar-refractivity contribution in [1.29, 1.82) is 0 Å². The van der Waals surface area contributed by atoms with Gasteiger partial charge in [-0.2, -0.15) is 0 Å². The van der Waals surface area contributed by atoms with Gasteiger partial charge in [-0.3, -0.25) is 9.59 Å². The zero-order valence-corrected chi connectivity index (χ0v) is 15.5. The van der Waals surface area contributed by atoms with E-state index in [1.807, 2.05) is 38.1 Å². The highest BCUT2D eigenvalue weighted by Crippen LogP contribution is 2.33. The lowest BCUT2D eigenvalue weighted by atomic mass is 10.0. The van der Waals surface area contributed by atoms with E-state index in [4.69, 9.17) is 4.74 Å². The van der Waals surface area contributed by atoms with Crippen LogP contribution in [0.4, 0.5) is 11.4 Å². The smallest absolute Gasteiger partial charge is 0.255 e. The van der Waals surface area contributed by atoms with E-state index in [1.165, 1.54) is 0 Å². The maximum absolute atomic E-state index is 12.6. The molecule has 0 spiro atoms. The fraction of sp³-hybridized carbons (Fsp3) is 0.333. The molecular weight excluding hydrogens is 328 g/mol. The van der Waals surface area contributed by atoms with E-state index in [9.17, 15) is 9.59 Å². The largest absolute Gasteiger partial charge is 0.495 e. The maximum Gasteiger partial charge on any atom is 0.255 e. The Balaban J connectivity index is 1.87. The summed E-state index contributed by atoms with van der Waals surface area (Å²) in [5, 5.41) is 2.93. The molecule has 2 aromatic rings. The fourth-order valence-corrected chi connectivity index (χ4v) is 3.31. The van der Waals surface area contributed by atoms with Gasteiger partial charge in [0.2, 0.25) is 5.91 Å². The van der Waals surface area contributed by atoms with Crippen molar-refractivity contribution in [1.82, 2.24) is 0 Å². The third-order valence-corrected chi connectivity index (χ3v) is 4.68. The van der Waals surface area contributed by atoms with Crippen LogP contribution in [0.5, 0.6) is 5.75 Å². The molecule has 1 N–H and O–H groups in total. The number of nitrogens with one attached hydrogen (secondary N) is 1. The molecule has 136 valence electrons. The molecule has 0 aromatic heterocycles. The number of anilines is 2. The number of methoxy groups -OCH3 is 1. The molecule has 1 saturated heterocycles. The van der Waals surface area contributed by atoms with Gasteiger partial charge in [0.05, 0.1) is 12.8 Å². The first-order valence-electron chi connectivity index (χ1n) is 8.86. The van der Waals surface area contributed by atoms with Crippen molar-refractivity contribution in [2.24, 2.45) is 0 Å². The van der Waals surface area contributed by atoms with Crippen LogP contribution in [-0.4, -0.2) is 25.5 Å². The zero-order valence-electron chi connectivity index (χ0n) is 15.5. The van der Waals surface area contributed by atoms with Crippen molar-refractivity contribution in [2.45, 2.75) is 33.1 Å². The molecule has 0 atom stereocenters. The van der Waals surface area contributed by atoms with Crippen LogP contribution >= 0.6 is 0 Å². The second-order valence-electron chi connectivity index (χ2n) is 6.66. The van der Waals surface area contributed by atoms with Crippen LogP contribution in [0.1, 0.15) is 40.7 Å². The minimum absolute atomic E-state index is 0.0902. The standard InChI is InChI=1S/C21H24N2O3/c1-14-7-9-17(15(2)12-14)21(25)22-16-8-10-19(26-3)18(13-16)23-11-5-4-6-20(23)24/h7-10,12-13H,4-6,11H2,1-3H3,(H,22,25). The molecule has 1 heterocycles. The highest BCUT2D eigenvalue weighted by atomic mass is 16.5. The van der Waals surface area contributed by atoms with Gasteiger partial charge >= 0.3 is 0 Å². The molecule has 2 amide bonds. The summed E-state index contributed by atoms with van der Waals surface area (Å²) in [6, 6.07) is 11.1. The second-order valence-corrected chi connectivity index (χ2v) is 6.66. The predicted molar refractivity (Wildman–Crippen MR) is 103 cm³/mol. The monoisotopic (exact) mass is 352 g/mol. The molecule has 5 heteroatoms. The summed E-state index contributed by atoms with van der Waals surface area (Å²) in [7, 11) is 1.58. The molecule has 0 radical (unpaired) electrons. The quantitative estimate of drug-likeness (QED) is 0.902. The van der Waals surface area contributed by atoms with Crippen molar-refractivity contribution in [3.63, 3.8) is 0 Å². The number of rotatable bonds is 4. The Labute approximate surface area is 154 Å². The summed E-state index contributed by atoms with van der Waals surface area (Å²) in [4.78, 5) is 26.7. The highest BCUT2D eigenvalue weighted by Gasteiger charge is 2.23. The third kappa shape index (κ3) is 3.72. The predicted octanol–water partition coefficient (Wildman–Crippen LogP) is 4.08. The summed E-state index contributed by atoms with van der Waals surface area (Å²) in [6.45, 7) is 4.59. The van der Waals surface area contributed by atoms with Crippen LogP contribution in [-0.2, 0) is 4.79 Å². The molecule has 1 aliphatic heterocycles. The van der Waals surface area contributed by atoms with E-state index >= 15 is 0 Å². The summed E-state index contributed by atoms with van der Waals surface area (Å²) >= 11 is 0. The van der Waals surface area contributed by atoms with Crippen LogP contribution in [0, 0.1) is 13.8 Å². The summed E-state index contributed by atoms with van der Waals surface area (Å²) in [5.74, 6) is 0.556. The molecule has 1 fully saturated rings. The molecule has 3 rings (SSSR count). The van der Waals surface area contributed by atoms with Crippen molar-refractivity contribution in [2.75, 3.05) is 23.9 Å².